The zero-order valence-corrected chi connectivity index (χ0v) is 16.1. The molecular weight excluding hydrogens is 358 g/mol. The first kappa shape index (κ1) is 18.5. The molecule has 8 nitrogen and oxygen atoms in total. The molecule has 2 aromatic rings. The Balaban J connectivity index is 1.80. The van der Waals surface area contributed by atoms with Crippen LogP contribution in [0.4, 0.5) is 0 Å². The maximum absolute atomic E-state index is 13.3. The molecule has 2 amide bonds. The van der Waals surface area contributed by atoms with Gasteiger partial charge in [-0.05, 0) is 25.6 Å². The minimum atomic E-state index is -0.522. The van der Waals surface area contributed by atoms with Crippen molar-refractivity contribution in [2.24, 2.45) is 5.92 Å². The van der Waals surface area contributed by atoms with Crippen LogP contribution in [0.2, 0.25) is 0 Å². The lowest BCUT2D eigenvalue weighted by Gasteiger charge is -2.44. The number of carbonyl (C=O) groups is 2. The third-order valence-corrected chi connectivity index (χ3v) is 5.91. The van der Waals surface area contributed by atoms with Crippen molar-refractivity contribution in [3.8, 4) is 0 Å². The van der Waals surface area contributed by atoms with Crippen LogP contribution < -0.4 is 11.0 Å². The lowest BCUT2D eigenvalue weighted by molar-refractivity contribution is -0.122. The summed E-state index contributed by atoms with van der Waals surface area (Å²) in [6.07, 6.45) is 2.27. The molecule has 148 valence electrons. The summed E-state index contributed by atoms with van der Waals surface area (Å²) in [7, 11) is 2.03. The number of nitrogens with one attached hydrogen (secondary N) is 3. The number of amides is 2. The van der Waals surface area contributed by atoms with Gasteiger partial charge in [0.05, 0.1) is 11.6 Å². The lowest BCUT2D eigenvalue weighted by atomic mass is 9.76. The van der Waals surface area contributed by atoms with Crippen LogP contribution in [0.1, 0.15) is 35.4 Å². The average molecular weight is 383 g/mol. The van der Waals surface area contributed by atoms with Crippen molar-refractivity contribution in [2.75, 3.05) is 26.7 Å². The van der Waals surface area contributed by atoms with E-state index in [1.54, 1.807) is 4.90 Å². The molecule has 3 N–H and O–H groups in total. The van der Waals surface area contributed by atoms with E-state index in [0.29, 0.717) is 13.1 Å². The smallest absolute Gasteiger partial charge is 0.323 e. The van der Waals surface area contributed by atoms with Gasteiger partial charge in [0.15, 0.2) is 0 Å². The van der Waals surface area contributed by atoms with Gasteiger partial charge in [0, 0.05) is 32.1 Å². The van der Waals surface area contributed by atoms with E-state index in [-0.39, 0.29) is 29.5 Å². The Hall–Kier alpha value is -2.87. The molecule has 4 rings (SSSR count). The van der Waals surface area contributed by atoms with E-state index < -0.39 is 11.2 Å². The second-order valence-electron chi connectivity index (χ2n) is 7.92. The average Bonchev–Trinajstić information content (AvgIpc) is 3.22. The highest BCUT2D eigenvalue weighted by Gasteiger charge is 2.56. The number of aromatic nitrogens is 2. The zero-order valence-electron chi connectivity index (χ0n) is 16.1. The van der Waals surface area contributed by atoms with Gasteiger partial charge in [-0.15, -0.1) is 0 Å². The Labute approximate surface area is 162 Å². The quantitative estimate of drug-likeness (QED) is 0.727. The number of imidazole rings is 1. The van der Waals surface area contributed by atoms with E-state index in [9.17, 15) is 14.4 Å². The fraction of sp³-hybridized carbons (Fsp3) is 0.450. The van der Waals surface area contributed by atoms with Gasteiger partial charge in [0.2, 0.25) is 5.91 Å². The highest BCUT2D eigenvalue weighted by atomic mass is 16.2. The number of hydrogen-bond donors (Lipinski definition) is 3. The molecule has 0 saturated carbocycles. The molecule has 0 unspecified atom stereocenters. The number of H-pyrrole nitrogens is 2. The number of carbonyl (C=O) groups excluding carboxylic acids is 2. The van der Waals surface area contributed by atoms with Gasteiger partial charge in [0.25, 0.3) is 5.91 Å². The minimum absolute atomic E-state index is 0.0876. The first-order chi connectivity index (χ1) is 13.4. The fourth-order valence-corrected chi connectivity index (χ4v) is 4.95. The predicted octanol–water partition coefficient (Wildman–Crippen LogP) is 0.727. The van der Waals surface area contributed by atoms with E-state index in [1.807, 2.05) is 37.4 Å². The number of likely N-dealkylation sites (N-methyl/N-ethyl adjacent to an activating group) is 1. The van der Waals surface area contributed by atoms with E-state index in [4.69, 9.17) is 0 Å². The highest BCUT2D eigenvalue weighted by molar-refractivity contribution is 5.93. The van der Waals surface area contributed by atoms with Crippen LogP contribution in [0.15, 0.2) is 41.3 Å². The number of piperidine rings is 1. The Morgan fingerprint density at radius 2 is 1.96 bits per heavy atom. The van der Waals surface area contributed by atoms with Crippen molar-refractivity contribution in [1.82, 2.24) is 25.1 Å². The Kier molecular flexibility index (Phi) is 4.58. The molecule has 2 aliphatic heterocycles. The molecule has 3 atom stereocenters. The van der Waals surface area contributed by atoms with Crippen LogP contribution in [-0.2, 0) is 4.79 Å². The first-order valence-corrected chi connectivity index (χ1v) is 9.50. The summed E-state index contributed by atoms with van der Waals surface area (Å²) in [5.74, 6) is -0.255. The molecule has 1 aromatic carbocycles. The molecule has 0 aliphatic carbocycles. The highest BCUT2D eigenvalue weighted by Crippen LogP contribution is 2.47. The van der Waals surface area contributed by atoms with Crippen LogP contribution in [-0.4, -0.2) is 63.8 Å². The lowest BCUT2D eigenvalue weighted by Crippen LogP contribution is -2.63. The maximum atomic E-state index is 13.3. The Bertz CT molecular complexity index is 937. The first-order valence-electron chi connectivity index (χ1n) is 9.50. The minimum Gasteiger partial charge on any atom is -0.347 e. The summed E-state index contributed by atoms with van der Waals surface area (Å²) in [6, 6.07) is 9.74. The maximum Gasteiger partial charge on any atom is 0.323 e. The van der Waals surface area contributed by atoms with Gasteiger partial charge in [-0.2, -0.15) is 0 Å². The molecular formula is C20H25N5O3. The Morgan fingerprint density at radius 1 is 1.21 bits per heavy atom. The summed E-state index contributed by atoms with van der Waals surface area (Å²) in [6.45, 7) is 3.49. The molecule has 28 heavy (non-hydrogen) atoms. The molecule has 0 spiro atoms. The van der Waals surface area contributed by atoms with Gasteiger partial charge in [-0.25, -0.2) is 4.79 Å². The van der Waals surface area contributed by atoms with E-state index in [1.165, 1.54) is 13.1 Å². The number of rotatable bonds is 3. The van der Waals surface area contributed by atoms with Crippen molar-refractivity contribution in [2.45, 2.75) is 24.9 Å². The standard InChI is InChI=1S/C20H25N5O3/c1-13(26)23-20-11-24(2)9-8-15(20)17(14-6-4-3-5-7-14)25(12-20)18(27)16-10-21-19(28)22-16/h3-7,10,15,17H,8-9,11-12H2,1-2H3,(H,23,26)(H2,21,22,28)/t15-,17-,20-/m1/s1. The number of benzene rings is 1. The number of fused-ring (bicyclic) bond motifs is 1. The SMILES string of the molecule is CC(=O)N[C@@]12CN(C)CC[C@@H]1[C@@H](c1ccccc1)N(C(=O)c1c[nH]c(=O)[nH]1)C2. The van der Waals surface area contributed by atoms with Crippen molar-refractivity contribution < 1.29 is 9.59 Å². The van der Waals surface area contributed by atoms with Crippen molar-refractivity contribution in [3.63, 3.8) is 0 Å². The monoisotopic (exact) mass is 383 g/mol. The number of likely N-dealkylation sites (tertiary alicyclic amines) is 2. The summed E-state index contributed by atoms with van der Waals surface area (Å²) >= 11 is 0. The van der Waals surface area contributed by atoms with Crippen LogP contribution >= 0.6 is 0 Å². The van der Waals surface area contributed by atoms with Gasteiger partial charge >= 0.3 is 5.69 Å². The molecule has 2 fully saturated rings. The molecule has 2 saturated heterocycles. The third kappa shape index (κ3) is 3.13. The topological polar surface area (TPSA) is 101 Å². The number of aromatic amines is 2. The molecule has 2 aliphatic rings. The van der Waals surface area contributed by atoms with Crippen LogP contribution in [0.25, 0.3) is 0 Å². The molecule has 0 bridgehead atoms. The second-order valence-corrected chi connectivity index (χ2v) is 7.92. The number of nitrogens with zero attached hydrogens (tertiary/aromatic N) is 2. The van der Waals surface area contributed by atoms with Crippen molar-refractivity contribution in [3.05, 3.63) is 58.3 Å². The van der Waals surface area contributed by atoms with Crippen LogP contribution in [0.3, 0.4) is 0 Å². The van der Waals surface area contributed by atoms with Crippen molar-refractivity contribution >= 4 is 11.8 Å². The second kappa shape index (κ2) is 6.94. The third-order valence-electron chi connectivity index (χ3n) is 5.91. The van der Waals surface area contributed by atoms with Gasteiger partial charge in [-0.3, -0.25) is 9.59 Å². The van der Waals surface area contributed by atoms with Gasteiger partial charge in [0.1, 0.15) is 5.69 Å². The van der Waals surface area contributed by atoms with Gasteiger partial charge < -0.3 is 25.1 Å². The van der Waals surface area contributed by atoms with Crippen LogP contribution in [0, 0.1) is 5.92 Å². The largest absolute Gasteiger partial charge is 0.347 e. The summed E-state index contributed by atoms with van der Waals surface area (Å²) in [5.41, 5.74) is 0.338. The summed E-state index contributed by atoms with van der Waals surface area (Å²) in [5, 5.41) is 3.17. The Morgan fingerprint density at radius 3 is 2.61 bits per heavy atom. The zero-order chi connectivity index (χ0) is 19.9. The fourth-order valence-electron chi connectivity index (χ4n) is 4.95. The normalized spacial score (nSPS) is 27.4. The predicted molar refractivity (Wildman–Crippen MR) is 104 cm³/mol. The molecule has 3 heterocycles. The van der Waals surface area contributed by atoms with Gasteiger partial charge in [-0.1, -0.05) is 30.3 Å². The molecule has 0 radical (unpaired) electrons. The van der Waals surface area contributed by atoms with E-state index in [2.05, 4.69) is 20.2 Å². The van der Waals surface area contributed by atoms with E-state index >= 15 is 0 Å². The van der Waals surface area contributed by atoms with Crippen LogP contribution in [0.5, 0.6) is 0 Å². The number of hydrogen-bond acceptors (Lipinski definition) is 4. The summed E-state index contributed by atoms with van der Waals surface area (Å²) < 4.78 is 0. The molecule has 1 aromatic heterocycles. The molecule has 8 heteroatoms. The van der Waals surface area contributed by atoms with E-state index in [0.717, 1.165) is 18.5 Å². The summed E-state index contributed by atoms with van der Waals surface area (Å²) in [4.78, 5) is 46.0. The van der Waals surface area contributed by atoms with Crippen molar-refractivity contribution in [1.29, 1.82) is 0 Å².